The number of anilines is 1. The molecule has 2 aromatic carbocycles. The van der Waals surface area contributed by atoms with E-state index < -0.39 is 23.6 Å². The number of aromatic hydroxyl groups is 2. The molecule has 2 aromatic rings. The number of phenolic OH excluding ortho intramolecular Hbond substituents is 2. The summed E-state index contributed by atoms with van der Waals surface area (Å²) in [5.41, 5.74) is 1.02. The van der Waals surface area contributed by atoms with Crippen LogP contribution in [0.15, 0.2) is 47.4 Å². The molecule has 0 atom stereocenters. The van der Waals surface area contributed by atoms with Crippen LogP contribution in [0, 0.1) is 3.57 Å². The average Bonchev–Trinajstić information content (AvgIpc) is 2.87. The Morgan fingerprint density at radius 2 is 1.81 bits per heavy atom. The molecule has 0 aliphatic carbocycles. The van der Waals surface area contributed by atoms with Crippen molar-refractivity contribution < 1.29 is 24.6 Å². The third-order valence-electron chi connectivity index (χ3n) is 3.60. The molecule has 0 aromatic heterocycles. The molecule has 138 valence electrons. The quantitative estimate of drug-likeness (QED) is 0.341. The van der Waals surface area contributed by atoms with Crippen molar-refractivity contribution in [2.45, 2.75) is 0 Å². The van der Waals surface area contributed by atoms with Gasteiger partial charge in [0, 0.05) is 9.26 Å². The Morgan fingerprint density at radius 3 is 2.48 bits per heavy atom. The van der Waals surface area contributed by atoms with E-state index in [1.165, 1.54) is 24.3 Å². The fourth-order valence-corrected chi connectivity index (χ4v) is 3.49. The number of nitrogens with zero attached hydrogens (tertiary/aromatic N) is 1. The van der Waals surface area contributed by atoms with Crippen LogP contribution in [0.1, 0.15) is 5.56 Å². The highest BCUT2D eigenvalue weighted by molar-refractivity contribution is 14.1. The Kier molecular flexibility index (Phi) is 5.71. The third-order valence-corrected chi connectivity index (χ3v) is 5.23. The first-order chi connectivity index (χ1) is 12.8. The van der Waals surface area contributed by atoms with Crippen LogP contribution in [0.5, 0.6) is 11.5 Å². The number of phenols is 2. The van der Waals surface area contributed by atoms with E-state index in [-0.39, 0.29) is 16.4 Å². The minimum Gasteiger partial charge on any atom is -0.504 e. The van der Waals surface area contributed by atoms with Gasteiger partial charge < -0.3 is 15.5 Å². The Morgan fingerprint density at radius 1 is 1.11 bits per heavy atom. The first-order valence-electron chi connectivity index (χ1n) is 7.66. The van der Waals surface area contributed by atoms with Gasteiger partial charge in [-0.1, -0.05) is 6.07 Å². The number of rotatable bonds is 4. The number of hydrogen-bond donors (Lipinski definition) is 3. The van der Waals surface area contributed by atoms with Crippen molar-refractivity contribution in [3.63, 3.8) is 0 Å². The Labute approximate surface area is 172 Å². The zero-order chi connectivity index (χ0) is 19.6. The fraction of sp³-hybridized carbons (Fsp3) is 0.0556. The monoisotopic (exact) mass is 496 g/mol. The van der Waals surface area contributed by atoms with E-state index in [4.69, 9.17) is 0 Å². The molecule has 3 amide bonds. The molecule has 0 unspecified atom stereocenters. The maximum Gasteiger partial charge on any atom is 0.294 e. The molecule has 9 heteroatoms. The van der Waals surface area contributed by atoms with Crippen molar-refractivity contribution in [3.05, 3.63) is 56.5 Å². The number of nitrogens with one attached hydrogen (secondary N) is 1. The summed E-state index contributed by atoms with van der Waals surface area (Å²) in [6.07, 6.45) is 1.42. The van der Waals surface area contributed by atoms with E-state index in [2.05, 4.69) is 27.9 Å². The molecule has 7 nitrogen and oxygen atoms in total. The molecule has 1 aliphatic rings. The Balaban J connectivity index is 1.70. The molecule has 0 saturated carbocycles. The van der Waals surface area contributed by atoms with Gasteiger partial charge in [-0.15, -0.1) is 0 Å². The predicted octanol–water partition coefficient (Wildman–Crippen LogP) is 3.38. The lowest BCUT2D eigenvalue weighted by atomic mass is 10.2. The number of hydrogen-bond acceptors (Lipinski definition) is 6. The van der Waals surface area contributed by atoms with E-state index in [9.17, 15) is 24.6 Å². The number of thioether (sulfide) groups is 1. The van der Waals surface area contributed by atoms with E-state index in [1.54, 1.807) is 12.1 Å². The largest absolute Gasteiger partial charge is 0.504 e. The van der Waals surface area contributed by atoms with E-state index >= 15 is 0 Å². The van der Waals surface area contributed by atoms with Gasteiger partial charge in [-0.3, -0.25) is 19.3 Å². The lowest BCUT2D eigenvalue weighted by Crippen LogP contribution is -2.36. The number of benzene rings is 2. The highest BCUT2D eigenvalue weighted by atomic mass is 127. The molecule has 1 fully saturated rings. The lowest BCUT2D eigenvalue weighted by molar-refractivity contribution is -0.127. The van der Waals surface area contributed by atoms with Crippen molar-refractivity contribution in [2.75, 3.05) is 11.9 Å². The SMILES string of the molecule is O=C(CN1C(=O)S/C(=C/c2ccc(O)c(O)c2)C1=O)Nc1ccc(I)cc1. The first kappa shape index (κ1) is 19.2. The predicted molar refractivity (Wildman–Crippen MR) is 110 cm³/mol. The number of carbonyl (C=O) groups is 3. The molecule has 0 radical (unpaired) electrons. The first-order valence-corrected chi connectivity index (χ1v) is 9.56. The van der Waals surface area contributed by atoms with Gasteiger partial charge in [-0.25, -0.2) is 0 Å². The summed E-state index contributed by atoms with van der Waals surface area (Å²) in [6, 6.07) is 11.1. The normalized spacial score (nSPS) is 15.4. The van der Waals surface area contributed by atoms with Crippen LogP contribution >= 0.6 is 34.4 Å². The van der Waals surface area contributed by atoms with Gasteiger partial charge in [0.25, 0.3) is 11.1 Å². The molecule has 3 N–H and O–H groups in total. The zero-order valence-corrected chi connectivity index (χ0v) is 16.7. The number of amides is 3. The van der Waals surface area contributed by atoms with Gasteiger partial charge in [0.2, 0.25) is 5.91 Å². The Hall–Kier alpha value is -2.53. The third kappa shape index (κ3) is 4.61. The number of carbonyl (C=O) groups excluding carboxylic acids is 3. The van der Waals surface area contributed by atoms with Crippen LogP contribution in [0.2, 0.25) is 0 Å². The van der Waals surface area contributed by atoms with Crippen LogP contribution in [-0.4, -0.2) is 38.7 Å². The second-order valence-electron chi connectivity index (χ2n) is 5.57. The Bertz CT molecular complexity index is 959. The highest BCUT2D eigenvalue weighted by Gasteiger charge is 2.36. The van der Waals surface area contributed by atoms with Crippen LogP contribution in [0.25, 0.3) is 6.08 Å². The maximum absolute atomic E-state index is 12.4. The fourth-order valence-electron chi connectivity index (χ4n) is 2.30. The van der Waals surface area contributed by atoms with Crippen molar-refractivity contribution >= 4 is 63.2 Å². The lowest BCUT2D eigenvalue weighted by Gasteiger charge is -2.12. The minimum absolute atomic E-state index is 0.132. The summed E-state index contributed by atoms with van der Waals surface area (Å²) < 4.78 is 1.02. The molecular weight excluding hydrogens is 483 g/mol. The molecule has 27 heavy (non-hydrogen) atoms. The smallest absolute Gasteiger partial charge is 0.294 e. The van der Waals surface area contributed by atoms with Gasteiger partial charge in [0.05, 0.1) is 4.91 Å². The molecule has 1 aliphatic heterocycles. The standard InChI is InChI=1S/C18H13IN2O5S/c19-11-2-4-12(5-3-11)20-16(24)9-21-17(25)15(27-18(21)26)8-10-1-6-13(22)14(23)7-10/h1-8,22-23H,9H2,(H,20,24)/b15-8+. The van der Waals surface area contributed by atoms with Gasteiger partial charge in [0.15, 0.2) is 11.5 Å². The van der Waals surface area contributed by atoms with Crippen molar-refractivity contribution in [2.24, 2.45) is 0 Å². The van der Waals surface area contributed by atoms with Gasteiger partial charge in [-0.2, -0.15) is 0 Å². The second kappa shape index (κ2) is 8.01. The van der Waals surface area contributed by atoms with Crippen molar-refractivity contribution in [1.29, 1.82) is 0 Å². The summed E-state index contributed by atoms with van der Waals surface area (Å²) >= 11 is 2.85. The topological polar surface area (TPSA) is 107 Å². The molecular formula is C18H13IN2O5S. The van der Waals surface area contributed by atoms with Crippen LogP contribution < -0.4 is 5.32 Å². The van der Waals surface area contributed by atoms with Gasteiger partial charge in [0.1, 0.15) is 6.54 Å². The number of imide groups is 1. The second-order valence-corrected chi connectivity index (χ2v) is 7.81. The van der Waals surface area contributed by atoms with Crippen molar-refractivity contribution in [3.8, 4) is 11.5 Å². The molecule has 0 spiro atoms. The summed E-state index contributed by atoms with van der Waals surface area (Å²) in [4.78, 5) is 37.7. The van der Waals surface area contributed by atoms with E-state index in [0.717, 1.165) is 8.47 Å². The average molecular weight is 496 g/mol. The molecule has 0 bridgehead atoms. The molecule has 1 saturated heterocycles. The number of halogens is 1. The highest BCUT2D eigenvalue weighted by Crippen LogP contribution is 2.33. The summed E-state index contributed by atoms with van der Waals surface area (Å²) in [6.45, 7) is -0.394. The zero-order valence-electron chi connectivity index (χ0n) is 13.7. The summed E-state index contributed by atoms with van der Waals surface area (Å²) in [5, 5.41) is 20.9. The van der Waals surface area contributed by atoms with E-state index in [0.29, 0.717) is 23.0 Å². The maximum atomic E-state index is 12.4. The van der Waals surface area contributed by atoms with Crippen LogP contribution in [-0.2, 0) is 9.59 Å². The van der Waals surface area contributed by atoms with Crippen molar-refractivity contribution in [1.82, 2.24) is 4.90 Å². The van der Waals surface area contributed by atoms with Crippen LogP contribution in [0.4, 0.5) is 10.5 Å². The van der Waals surface area contributed by atoms with Gasteiger partial charge >= 0.3 is 0 Å². The molecule has 3 rings (SSSR count). The summed E-state index contributed by atoms with van der Waals surface area (Å²) in [5.74, 6) is -1.69. The minimum atomic E-state index is -0.588. The molecule has 1 heterocycles. The van der Waals surface area contributed by atoms with Crippen LogP contribution in [0.3, 0.4) is 0 Å². The van der Waals surface area contributed by atoms with E-state index in [1.807, 2.05) is 12.1 Å². The van der Waals surface area contributed by atoms with Gasteiger partial charge in [-0.05, 0) is 82.4 Å². The summed E-state index contributed by atoms with van der Waals surface area (Å²) in [7, 11) is 0.